The number of rotatable bonds is 4. The molecule has 4 nitrogen and oxygen atoms in total. The van der Waals surface area contributed by atoms with Crippen LogP contribution in [0, 0.1) is 11.6 Å². The molecule has 1 unspecified atom stereocenters. The van der Waals surface area contributed by atoms with Crippen LogP contribution < -0.4 is 5.32 Å². The standard InChI is InChI=1S/C12H16F2N2O2S.ClH/c1-15-8-10-3-2-6-16(10)19(17,18)12-5-4-9(13)7-11(12)14;/h4-5,7,10,15H,2-3,6,8H2,1H3;1H. The van der Waals surface area contributed by atoms with Crippen LogP contribution in [-0.2, 0) is 10.0 Å². The molecule has 2 rings (SSSR count). The average molecular weight is 327 g/mol. The van der Waals surface area contributed by atoms with E-state index in [1.54, 1.807) is 7.05 Å². The summed E-state index contributed by atoms with van der Waals surface area (Å²) >= 11 is 0. The lowest BCUT2D eigenvalue weighted by atomic mass is 10.2. The maximum absolute atomic E-state index is 13.7. The first-order chi connectivity index (χ1) is 8.96. The first-order valence-corrected chi connectivity index (χ1v) is 7.52. The number of halogens is 3. The van der Waals surface area contributed by atoms with E-state index in [4.69, 9.17) is 0 Å². The Labute approximate surface area is 123 Å². The molecule has 1 N–H and O–H groups in total. The molecule has 0 aliphatic carbocycles. The molecule has 1 atom stereocenters. The first-order valence-electron chi connectivity index (χ1n) is 6.08. The van der Waals surface area contributed by atoms with Crippen molar-refractivity contribution in [2.24, 2.45) is 0 Å². The van der Waals surface area contributed by atoms with Gasteiger partial charge in [0.25, 0.3) is 0 Å². The predicted molar refractivity (Wildman–Crippen MR) is 74.4 cm³/mol. The second-order valence-corrected chi connectivity index (χ2v) is 6.40. The summed E-state index contributed by atoms with van der Waals surface area (Å²) in [6.45, 7) is 0.882. The highest BCUT2D eigenvalue weighted by atomic mass is 35.5. The molecular formula is C12H17ClF2N2O2S. The fourth-order valence-electron chi connectivity index (χ4n) is 2.38. The van der Waals surface area contributed by atoms with Crippen LogP contribution in [0.2, 0.25) is 0 Å². The Morgan fingerprint density at radius 3 is 2.70 bits per heavy atom. The number of benzene rings is 1. The molecule has 0 amide bonds. The van der Waals surface area contributed by atoms with Crippen molar-refractivity contribution in [1.29, 1.82) is 0 Å². The third kappa shape index (κ3) is 3.28. The zero-order valence-electron chi connectivity index (χ0n) is 11.0. The van der Waals surface area contributed by atoms with Crippen molar-refractivity contribution < 1.29 is 17.2 Å². The van der Waals surface area contributed by atoms with Gasteiger partial charge in [-0.25, -0.2) is 17.2 Å². The summed E-state index contributed by atoms with van der Waals surface area (Å²) in [4.78, 5) is -0.461. The first kappa shape index (κ1) is 17.3. The predicted octanol–water partition coefficient (Wildman–Crippen LogP) is 1.76. The van der Waals surface area contributed by atoms with Gasteiger partial charge < -0.3 is 5.32 Å². The molecule has 1 heterocycles. The molecule has 0 aromatic heterocycles. The Morgan fingerprint density at radius 1 is 1.40 bits per heavy atom. The van der Waals surface area contributed by atoms with E-state index >= 15 is 0 Å². The van der Waals surface area contributed by atoms with Crippen LogP contribution in [0.25, 0.3) is 0 Å². The lowest BCUT2D eigenvalue weighted by Crippen LogP contribution is -2.41. The lowest BCUT2D eigenvalue weighted by Gasteiger charge is -2.24. The van der Waals surface area contributed by atoms with E-state index in [0.717, 1.165) is 25.0 Å². The van der Waals surface area contributed by atoms with Gasteiger partial charge in [-0.05, 0) is 32.0 Å². The van der Waals surface area contributed by atoms with E-state index in [0.29, 0.717) is 19.2 Å². The third-order valence-electron chi connectivity index (χ3n) is 3.24. The number of likely N-dealkylation sites (N-methyl/N-ethyl adjacent to an activating group) is 1. The third-order valence-corrected chi connectivity index (χ3v) is 5.23. The molecule has 1 saturated heterocycles. The van der Waals surface area contributed by atoms with Gasteiger partial charge in [-0.2, -0.15) is 4.31 Å². The molecule has 114 valence electrons. The second-order valence-electron chi connectivity index (χ2n) is 4.54. The van der Waals surface area contributed by atoms with Crippen LogP contribution in [0.5, 0.6) is 0 Å². The SMILES string of the molecule is CNCC1CCCN1S(=O)(=O)c1ccc(F)cc1F.Cl. The Morgan fingerprint density at radius 2 is 2.10 bits per heavy atom. The second kappa shape index (κ2) is 6.80. The molecule has 1 aliphatic rings. The fraction of sp³-hybridized carbons (Fsp3) is 0.500. The molecule has 1 aromatic rings. The van der Waals surface area contributed by atoms with E-state index in [1.165, 1.54) is 4.31 Å². The van der Waals surface area contributed by atoms with Crippen molar-refractivity contribution in [3.05, 3.63) is 29.8 Å². The molecule has 1 aliphatic heterocycles. The van der Waals surface area contributed by atoms with Crippen LogP contribution >= 0.6 is 12.4 Å². The number of nitrogens with zero attached hydrogens (tertiary/aromatic N) is 1. The number of sulfonamides is 1. The molecule has 8 heteroatoms. The number of hydrogen-bond donors (Lipinski definition) is 1. The molecule has 0 saturated carbocycles. The summed E-state index contributed by atoms with van der Waals surface area (Å²) in [5, 5.41) is 2.93. The van der Waals surface area contributed by atoms with Crippen LogP contribution in [0.15, 0.2) is 23.1 Å². The van der Waals surface area contributed by atoms with Crippen LogP contribution in [0.1, 0.15) is 12.8 Å². The highest BCUT2D eigenvalue weighted by Crippen LogP contribution is 2.27. The summed E-state index contributed by atoms with van der Waals surface area (Å²) in [6.07, 6.45) is 1.48. The van der Waals surface area contributed by atoms with Gasteiger partial charge in [0, 0.05) is 25.2 Å². The van der Waals surface area contributed by atoms with Crippen LogP contribution in [0.3, 0.4) is 0 Å². The van der Waals surface area contributed by atoms with Crippen LogP contribution in [0.4, 0.5) is 8.78 Å². The fourth-order valence-corrected chi connectivity index (χ4v) is 4.12. The van der Waals surface area contributed by atoms with Crippen molar-refractivity contribution >= 4 is 22.4 Å². The maximum Gasteiger partial charge on any atom is 0.246 e. The van der Waals surface area contributed by atoms with Gasteiger partial charge in [-0.1, -0.05) is 0 Å². The largest absolute Gasteiger partial charge is 0.318 e. The normalized spacial score (nSPS) is 19.9. The highest BCUT2D eigenvalue weighted by molar-refractivity contribution is 7.89. The van der Waals surface area contributed by atoms with Crippen molar-refractivity contribution in [1.82, 2.24) is 9.62 Å². The summed E-state index contributed by atoms with van der Waals surface area (Å²) in [5.41, 5.74) is 0. The Balaban J connectivity index is 0.00000200. The maximum atomic E-state index is 13.7. The lowest BCUT2D eigenvalue weighted by molar-refractivity contribution is 0.376. The van der Waals surface area contributed by atoms with Gasteiger partial charge in [0.05, 0.1) is 0 Å². The molecule has 0 bridgehead atoms. The molecule has 20 heavy (non-hydrogen) atoms. The Kier molecular flexibility index (Phi) is 5.88. The topological polar surface area (TPSA) is 49.4 Å². The molecule has 0 radical (unpaired) electrons. The van der Waals surface area contributed by atoms with E-state index in [2.05, 4.69) is 5.32 Å². The van der Waals surface area contributed by atoms with Gasteiger partial charge in [0.2, 0.25) is 10.0 Å². The molecule has 0 spiro atoms. The summed E-state index contributed by atoms with van der Waals surface area (Å²) in [6, 6.07) is 2.35. The van der Waals surface area contributed by atoms with Crippen molar-refractivity contribution in [2.75, 3.05) is 20.1 Å². The van der Waals surface area contributed by atoms with Gasteiger partial charge in [-0.3, -0.25) is 0 Å². The number of nitrogens with one attached hydrogen (secondary N) is 1. The Hall–Kier alpha value is -0.760. The minimum Gasteiger partial charge on any atom is -0.318 e. The van der Waals surface area contributed by atoms with Gasteiger partial charge in [0.15, 0.2) is 0 Å². The van der Waals surface area contributed by atoms with E-state index in [-0.39, 0.29) is 18.4 Å². The highest BCUT2D eigenvalue weighted by Gasteiger charge is 2.36. The van der Waals surface area contributed by atoms with Crippen LogP contribution in [-0.4, -0.2) is 38.9 Å². The van der Waals surface area contributed by atoms with Gasteiger partial charge in [-0.15, -0.1) is 12.4 Å². The summed E-state index contributed by atoms with van der Waals surface area (Å²) in [5.74, 6) is -1.83. The van der Waals surface area contributed by atoms with E-state index in [1.807, 2.05) is 0 Å². The Bertz CT molecular complexity index is 569. The van der Waals surface area contributed by atoms with E-state index in [9.17, 15) is 17.2 Å². The minimum atomic E-state index is -3.91. The van der Waals surface area contributed by atoms with Gasteiger partial charge in [0.1, 0.15) is 16.5 Å². The minimum absolute atomic E-state index is 0. The molecule has 1 aromatic carbocycles. The zero-order valence-corrected chi connectivity index (χ0v) is 12.6. The summed E-state index contributed by atoms with van der Waals surface area (Å²) < 4.78 is 52.6. The zero-order chi connectivity index (χ0) is 14.0. The monoisotopic (exact) mass is 326 g/mol. The van der Waals surface area contributed by atoms with E-state index < -0.39 is 26.6 Å². The van der Waals surface area contributed by atoms with Crippen molar-refractivity contribution in [3.8, 4) is 0 Å². The quantitative estimate of drug-likeness (QED) is 0.917. The smallest absolute Gasteiger partial charge is 0.246 e. The molecular weight excluding hydrogens is 310 g/mol. The number of hydrogen-bond acceptors (Lipinski definition) is 3. The summed E-state index contributed by atoms with van der Waals surface area (Å²) in [7, 11) is -2.17. The molecule has 1 fully saturated rings. The van der Waals surface area contributed by atoms with Crippen molar-refractivity contribution in [3.63, 3.8) is 0 Å². The van der Waals surface area contributed by atoms with Gasteiger partial charge >= 0.3 is 0 Å². The van der Waals surface area contributed by atoms with Crippen molar-refractivity contribution in [2.45, 2.75) is 23.8 Å². The average Bonchev–Trinajstić information content (AvgIpc) is 2.78.